The van der Waals surface area contributed by atoms with E-state index in [0.29, 0.717) is 0 Å². The lowest BCUT2D eigenvalue weighted by Gasteiger charge is -1.95. The minimum Gasteiger partial charge on any atom is -0.364 e. The largest absolute Gasteiger partial charge is 0.364 e. The second kappa shape index (κ2) is 2.73. The summed E-state index contributed by atoms with van der Waals surface area (Å²) in [6.07, 6.45) is 3.51. The van der Waals surface area contributed by atoms with Gasteiger partial charge in [0.1, 0.15) is 12.0 Å². The van der Waals surface area contributed by atoms with Gasteiger partial charge >= 0.3 is 0 Å². The SMILES string of the molecule is c1cc2ccc(-c3ccon3)cc2[nH]1. The monoisotopic (exact) mass is 184 g/mol. The average molecular weight is 184 g/mol. The molecule has 0 unspecified atom stereocenters. The third-order valence-corrected chi connectivity index (χ3v) is 2.29. The zero-order chi connectivity index (χ0) is 9.38. The molecule has 3 rings (SSSR count). The number of aromatic amines is 1. The number of nitrogens with zero attached hydrogens (tertiary/aromatic N) is 1. The Morgan fingerprint density at radius 1 is 1.14 bits per heavy atom. The molecule has 1 N–H and O–H groups in total. The molecule has 3 aromatic rings. The van der Waals surface area contributed by atoms with Crippen molar-refractivity contribution in [3.05, 3.63) is 42.8 Å². The fourth-order valence-corrected chi connectivity index (χ4v) is 1.57. The summed E-state index contributed by atoms with van der Waals surface area (Å²) in [7, 11) is 0. The fraction of sp³-hybridized carbons (Fsp3) is 0. The van der Waals surface area contributed by atoms with E-state index in [9.17, 15) is 0 Å². The van der Waals surface area contributed by atoms with Gasteiger partial charge in [-0.1, -0.05) is 17.3 Å². The highest BCUT2D eigenvalue weighted by atomic mass is 16.5. The van der Waals surface area contributed by atoms with E-state index in [1.54, 1.807) is 6.26 Å². The number of aromatic nitrogens is 2. The maximum Gasteiger partial charge on any atom is 0.124 e. The zero-order valence-electron chi connectivity index (χ0n) is 7.40. The van der Waals surface area contributed by atoms with Crippen LogP contribution in [0.4, 0.5) is 0 Å². The molecule has 0 aliphatic rings. The number of hydrogen-bond donors (Lipinski definition) is 1. The van der Waals surface area contributed by atoms with Crippen LogP contribution in [0, 0.1) is 0 Å². The second-order valence-electron chi connectivity index (χ2n) is 3.16. The van der Waals surface area contributed by atoms with E-state index in [-0.39, 0.29) is 0 Å². The first-order valence-electron chi connectivity index (χ1n) is 4.41. The smallest absolute Gasteiger partial charge is 0.124 e. The van der Waals surface area contributed by atoms with E-state index >= 15 is 0 Å². The molecule has 0 saturated heterocycles. The minimum absolute atomic E-state index is 0.863. The standard InChI is InChI=1S/C11H8N2O/c1-2-9(10-4-6-14-13-10)7-11-8(1)3-5-12-11/h1-7,12H. The zero-order valence-corrected chi connectivity index (χ0v) is 7.40. The Balaban J connectivity index is 2.23. The Kier molecular flexibility index (Phi) is 1.44. The first-order chi connectivity index (χ1) is 6.93. The van der Waals surface area contributed by atoms with Gasteiger partial charge in [-0.15, -0.1) is 0 Å². The van der Waals surface area contributed by atoms with E-state index in [1.807, 2.05) is 24.4 Å². The molecular weight excluding hydrogens is 176 g/mol. The van der Waals surface area contributed by atoms with Crippen molar-refractivity contribution in [1.82, 2.24) is 10.1 Å². The van der Waals surface area contributed by atoms with Gasteiger partial charge in [0.05, 0.1) is 0 Å². The normalized spacial score (nSPS) is 10.9. The van der Waals surface area contributed by atoms with Crippen molar-refractivity contribution in [2.45, 2.75) is 0 Å². The molecule has 0 aliphatic heterocycles. The summed E-state index contributed by atoms with van der Waals surface area (Å²) in [5, 5.41) is 5.09. The molecular formula is C11H8N2O. The molecule has 1 aromatic carbocycles. The van der Waals surface area contributed by atoms with Crippen LogP contribution in [0.15, 0.2) is 47.3 Å². The Morgan fingerprint density at radius 2 is 2.14 bits per heavy atom. The molecule has 0 radical (unpaired) electrons. The van der Waals surface area contributed by atoms with Crippen LogP contribution in [0.3, 0.4) is 0 Å². The van der Waals surface area contributed by atoms with Crippen LogP contribution in [0.2, 0.25) is 0 Å². The number of hydrogen-bond acceptors (Lipinski definition) is 2. The van der Waals surface area contributed by atoms with Crippen molar-refractivity contribution in [2.75, 3.05) is 0 Å². The molecule has 0 aliphatic carbocycles. The summed E-state index contributed by atoms with van der Waals surface area (Å²) >= 11 is 0. The first-order valence-corrected chi connectivity index (χ1v) is 4.41. The summed E-state index contributed by atoms with van der Waals surface area (Å²) in [5.74, 6) is 0. The van der Waals surface area contributed by atoms with Crippen LogP contribution < -0.4 is 0 Å². The molecule has 0 atom stereocenters. The predicted molar refractivity (Wildman–Crippen MR) is 53.8 cm³/mol. The maximum atomic E-state index is 4.80. The van der Waals surface area contributed by atoms with Gasteiger partial charge in [0, 0.05) is 23.3 Å². The molecule has 68 valence electrons. The number of rotatable bonds is 1. The Hall–Kier alpha value is -2.03. The van der Waals surface area contributed by atoms with Crippen LogP contribution in [0.25, 0.3) is 22.2 Å². The molecule has 2 aromatic heterocycles. The Labute approximate surface area is 80.3 Å². The van der Waals surface area contributed by atoms with Gasteiger partial charge in [-0.2, -0.15) is 0 Å². The number of nitrogens with one attached hydrogen (secondary N) is 1. The number of benzene rings is 1. The lowest BCUT2D eigenvalue weighted by molar-refractivity contribution is 0.422. The van der Waals surface area contributed by atoms with Gasteiger partial charge in [-0.25, -0.2) is 0 Å². The van der Waals surface area contributed by atoms with E-state index in [2.05, 4.69) is 22.3 Å². The quantitative estimate of drug-likeness (QED) is 0.631. The summed E-state index contributed by atoms with van der Waals surface area (Å²) in [4.78, 5) is 3.16. The van der Waals surface area contributed by atoms with Gasteiger partial charge in [-0.3, -0.25) is 0 Å². The number of H-pyrrole nitrogens is 1. The molecule has 0 saturated carbocycles. The molecule has 14 heavy (non-hydrogen) atoms. The van der Waals surface area contributed by atoms with Crippen LogP contribution >= 0.6 is 0 Å². The van der Waals surface area contributed by atoms with E-state index in [0.717, 1.165) is 16.8 Å². The average Bonchev–Trinajstić information content (AvgIpc) is 2.88. The Morgan fingerprint density at radius 3 is 3.00 bits per heavy atom. The van der Waals surface area contributed by atoms with Crippen molar-refractivity contribution in [1.29, 1.82) is 0 Å². The van der Waals surface area contributed by atoms with Crippen LogP contribution in [0.5, 0.6) is 0 Å². The van der Waals surface area contributed by atoms with Crippen molar-refractivity contribution < 1.29 is 4.52 Å². The molecule has 0 fully saturated rings. The van der Waals surface area contributed by atoms with Gasteiger partial charge in [0.25, 0.3) is 0 Å². The number of fused-ring (bicyclic) bond motifs is 1. The first kappa shape index (κ1) is 7.38. The minimum atomic E-state index is 0.863. The van der Waals surface area contributed by atoms with Gasteiger partial charge in [0.15, 0.2) is 0 Å². The molecule has 3 nitrogen and oxygen atoms in total. The van der Waals surface area contributed by atoms with Gasteiger partial charge in [0.2, 0.25) is 0 Å². The lowest BCUT2D eigenvalue weighted by atomic mass is 10.1. The molecule has 0 bridgehead atoms. The molecule has 0 spiro atoms. The van der Waals surface area contributed by atoms with Gasteiger partial charge in [-0.05, 0) is 17.5 Å². The topological polar surface area (TPSA) is 41.8 Å². The van der Waals surface area contributed by atoms with Crippen molar-refractivity contribution in [2.24, 2.45) is 0 Å². The second-order valence-corrected chi connectivity index (χ2v) is 3.16. The third kappa shape index (κ3) is 1.03. The molecule has 0 amide bonds. The van der Waals surface area contributed by atoms with E-state index in [4.69, 9.17) is 4.52 Å². The summed E-state index contributed by atoms with van der Waals surface area (Å²) < 4.78 is 4.80. The van der Waals surface area contributed by atoms with Gasteiger partial charge < -0.3 is 9.51 Å². The molecule has 3 heteroatoms. The van der Waals surface area contributed by atoms with Crippen molar-refractivity contribution in [3.63, 3.8) is 0 Å². The van der Waals surface area contributed by atoms with E-state index in [1.165, 1.54) is 5.39 Å². The van der Waals surface area contributed by atoms with Crippen LogP contribution in [0.1, 0.15) is 0 Å². The lowest BCUT2D eigenvalue weighted by Crippen LogP contribution is -1.76. The van der Waals surface area contributed by atoms with Crippen molar-refractivity contribution in [3.8, 4) is 11.3 Å². The predicted octanol–water partition coefficient (Wildman–Crippen LogP) is 2.82. The summed E-state index contributed by atoms with van der Waals surface area (Å²) in [6.45, 7) is 0. The highest BCUT2D eigenvalue weighted by Crippen LogP contribution is 2.21. The van der Waals surface area contributed by atoms with Crippen LogP contribution in [-0.4, -0.2) is 10.1 Å². The highest BCUT2D eigenvalue weighted by molar-refractivity contribution is 5.83. The van der Waals surface area contributed by atoms with Crippen LogP contribution in [-0.2, 0) is 0 Å². The fourth-order valence-electron chi connectivity index (χ4n) is 1.57. The van der Waals surface area contributed by atoms with E-state index < -0.39 is 0 Å². The highest BCUT2D eigenvalue weighted by Gasteiger charge is 2.02. The molecule has 2 heterocycles. The Bertz CT molecular complexity index is 551. The summed E-state index contributed by atoms with van der Waals surface area (Å²) in [5.41, 5.74) is 3.04. The maximum absolute atomic E-state index is 4.80. The van der Waals surface area contributed by atoms with Crippen molar-refractivity contribution >= 4 is 10.9 Å². The third-order valence-electron chi connectivity index (χ3n) is 2.29. The summed E-state index contributed by atoms with van der Waals surface area (Å²) in [6, 6.07) is 10.1.